The Morgan fingerprint density at radius 2 is 1.88 bits per heavy atom. The van der Waals surface area contributed by atoms with Crippen molar-refractivity contribution in [2.45, 2.75) is 26.3 Å². The van der Waals surface area contributed by atoms with Crippen molar-refractivity contribution in [2.24, 2.45) is 5.92 Å². The number of nitrogens with zero attached hydrogens (tertiary/aromatic N) is 3. The van der Waals surface area contributed by atoms with E-state index in [2.05, 4.69) is 41.0 Å². The predicted octanol–water partition coefficient (Wildman–Crippen LogP) is 1.34. The number of aryl methyl sites for hydroxylation is 1. The minimum atomic E-state index is 0.238. The van der Waals surface area contributed by atoms with Gasteiger partial charge in [0.05, 0.1) is 6.54 Å². The first-order chi connectivity index (χ1) is 12.2. The fraction of sp³-hybridized carbons (Fsp3) is 0.650. The number of piperazine rings is 1. The quantitative estimate of drug-likeness (QED) is 0.875. The van der Waals surface area contributed by atoms with E-state index in [-0.39, 0.29) is 12.5 Å². The molecule has 0 bridgehead atoms. The Hall–Kier alpha value is -1.43. The van der Waals surface area contributed by atoms with Gasteiger partial charge in [0.25, 0.3) is 0 Å². The predicted molar refractivity (Wildman–Crippen MR) is 99.3 cm³/mol. The third-order valence-corrected chi connectivity index (χ3v) is 5.60. The molecule has 2 saturated heterocycles. The van der Waals surface area contributed by atoms with Crippen LogP contribution in [0.15, 0.2) is 24.3 Å². The molecular formula is C20H31N3O2. The minimum Gasteiger partial charge on any atom is -0.396 e. The zero-order valence-electron chi connectivity index (χ0n) is 15.4. The molecule has 5 heteroatoms. The highest BCUT2D eigenvalue weighted by molar-refractivity contribution is 5.78. The molecule has 2 heterocycles. The van der Waals surface area contributed by atoms with Crippen molar-refractivity contribution in [1.29, 1.82) is 0 Å². The molecule has 2 aliphatic rings. The number of carbonyl (C=O) groups is 1. The summed E-state index contributed by atoms with van der Waals surface area (Å²) in [4.78, 5) is 19.2. The molecule has 1 aromatic carbocycles. The number of rotatable bonds is 5. The highest BCUT2D eigenvalue weighted by Gasteiger charge is 2.25. The Morgan fingerprint density at radius 1 is 1.12 bits per heavy atom. The molecule has 2 aliphatic heterocycles. The van der Waals surface area contributed by atoms with Crippen molar-refractivity contribution in [1.82, 2.24) is 14.7 Å². The summed E-state index contributed by atoms with van der Waals surface area (Å²) >= 11 is 0. The van der Waals surface area contributed by atoms with Crippen molar-refractivity contribution in [3.63, 3.8) is 0 Å². The summed E-state index contributed by atoms with van der Waals surface area (Å²) in [6.45, 7) is 9.25. The average Bonchev–Trinajstić information content (AvgIpc) is 2.64. The van der Waals surface area contributed by atoms with Gasteiger partial charge in [-0.3, -0.25) is 14.6 Å². The maximum absolute atomic E-state index is 12.6. The van der Waals surface area contributed by atoms with E-state index in [0.29, 0.717) is 12.5 Å². The summed E-state index contributed by atoms with van der Waals surface area (Å²) in [6.07, 6.45) is 2.17. The van der Waals surface area contributed by atoms with Gasteiger partial charge in [-0.1, -0.05) is 24.3 Å². The summed E-state index contributed by atoms with van der Waals surface area (Å²) in [5.74, 6) is 0.585. The van der Waals surface area contributed by atoms with Crippen molar-refractivity contribution in [2.75, 3.05) is 52.4 Å². The Bertz CT molecular complexity index is 570. The van der Waals surface area contributed by atoms with Crippen LogP contribution in [0.5, 0.6) is 0 Å². The highest BCUT2D eigenvalue weighted by Crippen LogP contribution is 2.16. The van der Waals surface area contributed by atoms with E-state index in [9.17, 15) is 9.90 Å². The van der Waals surface area contributed by atoms with Gasteiger partial charge in [0.15, 0.2) is 0 Å². The number of piperidine rings is 1. The Balaban J connectivity index is 1.44. The Labute approximate surface area is 151 Å². The van der Waals surface area contributed by atoms with E-state index in [1.165, 1.54) is 11.1 Å². The molecule has 1 atom stereocenters. The fourth-order valence-corrected chi connectivity index (χ4v) is 3.92. The summed E-state index contributed by atoms with van der Waals surface area (Å²) in [7, 11) is 0. The number of hydrogen-bond donors (Lipinski definition) is 1. The SMILES string of the molecule is Cc1ccccc1CN1CCN(C(=O)CN2CCCC(CO)C2)CC1. The number of carbonyl (C=O) groups excluding carboxylic acids is 1. The first-order valence-electron chi connectivity index (χ1n) is 9.53. The molecule has 0 aliphatic carbocycles. The van der Waals surface area contributed by atoms with Gasteiger partial charge in [0.1, 0.15) is 0 Å². The number of aliphatic hydroxyl groups is 1. The second kappa shape index (κ2) is 8.79. The maximum Gasteiger partial charge on any atom is 0.236 e. The van der Waals surface area contributed by atoms with Crippen LogP contribution >= 0.6 is 0 Å². The standard InChI is InChI=1S/C20H31N3O2/c1-17-5-2-3-7-19(17)14-21-9-11-23(12-10-21)20(25)15-22-8-4-6-18(13-22)16-24/h2-3,5,7,18,24H,4,6,8-16H2,1H3. The normalized spacial score (nSPS) is 23.0. The molecule has 1 N–H and O–H groups in total. The second-order valence-electron chi connectivity index (χ2n) is 7.51. The van der Waals surface area contributed by atoms with Crippen LogP contribution in [0.25, 0.3) is 0 Å². The van der Waals surface area contributed by atoms with Crippen molar-refractivity contribution < 1.29 is 9.90 Å². The van der Waals surface area contributed by atoms with E-state index in [1.54, 1.807) is 0 Å². The van der Waals surface area contributed by atoms with E-state index in [0.717, 1.165) is 58.7 Å². The topological polar surface area (TPSA) is 47.0 Å². The van der Waals surface area contributed by atoms with E-state index in [4.69, 9.17) is 0 Å². The molecule has 0 spiro atoms. The van der Waals surface area contributed by atoms with Crippen LogP contribution in [-0.4, -0.2) is 78.1 Å². The lowest BCUT2D eigenvalue weighted by Gasteiger charge is -2.37. The third-order valence-electron chi connectivity index (χ3n) is 5.60. The molecular weight excluding hydrogens is 314 g/mol. The van der Waals surface area contributed by atoms with Crippen LogP contribution in [0.2, 0.25) is 0 Å². The monoisotopic (exact) mass is 345 g/mol. The Morgan fingerprint density at radius 3 is 2.60 bits per heavy atom. The lowest BCUT2D eigenvalue weighted by atomic mass is 9.99. The Kier molecular flexibility index (Phi) is 6.45. The molecule has 3 rings (SSSR count). The second-order valence-corrected chi connectivity index (χ2v) is 7.51. The third kappa shape index (κ3) is 5.03. The molecule has 1 amide bonds. The van der Waals surface area contributed by atoms with Gasteiger partial charge in [-0.2, -0.15) is 0 Å². The molecule has 0 saturated carbocycles. The van der Waals surface area contributed by atoms with Gasteiger partial charge < -0.3 is 10.0 Å². The van der Waals surface area contributed by atoms with Crippen LogP contribution in [-0.2, 0) is 11.3 Å². The largest absolute Gasteiger partial charge is 0.396 e. The number of benzene rings is 1. The van der Waals surface area contributed by atoms with Crippen molar-refractivity contribution >= 4 is 5.91 Å². The van der Waals surface area contributed by atoms with Gasteiger partial charge in [-0.05, 0) is 43.4 Å². The highest BCUT2D eigenvalue weighted by atomic mass is 16.3. The van der Waals surface area contributed by atoms with Crippen LogP contribution in [0.1, 0.15) is 24.0 Å². The number of amides is 1. The molecule has 5 nitrogen and oxygen atoms in total. The van der Waals surface area contributed by atoms with Crippen LogP contribution < -0.4 is 0 Å². The van der Waals surface area contributed by atoms with Gasteiger partial charge in [-0.25, -0.2) is 0 Å². The molecule has 138 valence electrons. The number of aliphatic hydroxyl groups excluding tert-OH is 1. The molecule has 0 radical (unpaired) electrons. The smallest absolute Gasteiger partial charge is 0.236 e. The van der Waals surface area contributed by atoms with E-state index in [1.807, 2.05) is 4.90 Å². The van der Waals surface area contributed by atoms with Gasteiger partial charge in [-0.15, -0.1) is 0 Å². The average molecular weight is 345 g/mol. The van der Waals surface area contributed by atoms with Crippen LogP contribution in [0.3, 0.4) is 0 Å². The summed E-state index contributed by atoms with van der Waals surface area (Å²) in [6, 6.07) is 8.53. The first kappa shape index (κ1) is 18.4. The lowest BCUT2D eigenvalue weighted by molar-refractivity contribution is -0.134. The lowest BCUT2D eigenvalue weighted by Crippen LogP contribution is -2.51. The molecule has 1 unspecified atom stereocenters. The summed E-state index contributed by atoms with van der Waals surface area (Å²) in [5.41, 5.74) is 2.72. The van der Waals surface area contributed by atoms with Gasteiger partial charge >= 0.3 is 0 Å². The first-order valence-corrected chi connectivity index (χ1v) is 9.53. The summed E-state index contributed by atoms with van der Waals surface area (Å²) < 4.78 is 0. The zero-order chi connectivity index (χ0) is 17.6. The summed E-state index contributed by atoms with van der Waals surface area (Å²) in [5, 5.41) is 9.33. The fourth-order valence-electron chi connectivity index (χ4n) is 3.92. The molecule has 1 aromatic rings. The van der Waals surface area contributed by atoms with E-state index < -0.39 is 0 Å². The van der Waals surface area contributed by atoms with Crippen LogP contribution in [0, 0.1) is 12.8 Å². The van der Waals surface area contributed by atoms with E-state index >= 15 is 0 Å². The maximum atomic E-state index is 12.6. The van der Waals surface area contributed by atoms with Gasteiger partial charge in [0.2, 0.25) is 5.91 Å². The van der Waals surface area contributed by atoms with Crippen molar-refractivity contribution in [3.05, 3.63) is 35.4 Å². The van der Waals surface area contributed by atoms with Gasteiger partial charge in [0, 0.05) is 45.9 Å². The molecule has 25 heavy (non-hydrogen) atoms. The number of likely N-dealkylation sites (tertiary alicyclic amines) is 1. The molecule has 0 aromatic heterocycles. The van der Waals surface area contributed by atoms with Crippen molar-refractivity contribution in [3.8, 4) is 0 Å². The minimum absolute atomic E-state index is 0.238. The van der Waals surface area contributed by atoms with Crippen LogP contribution in [0.4, 0.5) is 0 Å². The molecule has 2 fully saturated rings. The zero-order valence-corrected chi connectivity index (χ0v) is 15.4. The number of hydrogen-bond acceptors (Lipinski definition) is 4.